The Labute approximate surface area is 240 Å². The Balaban J connectivity index is 1.35. The lowest BCUT2D eigenvalue weighted by atomic mass is 9.35. The first-order chi connectivity index (χ1) is 19.7. The Morgan fingerprint density at radius 2 is 1.73 bits per heavy atom. The summed E-state index contributed by atoms with van der Waals surface area (Å²) in [6, 6.07) is 6.91. The van der Waals surface area contributed by atoms with Crippen molar-refractivity contribution in [2.24, 2.45) is 39.9 Å². The van der Waals surface area contributed by atoms with Crippen LogP contribution in [0.25, 0.3) is 0 Å². The fraction of sp³-hybridized carbons (Fsp3) is 0.636. The highest BCUT2D eigenvalue weighted by Gasteiger charge is 2.79. The molecule has 8 rings (SSSR count). The third-order valence-electron chi connectivity index (χ3n) is 12.4. The predicted octanol–water partition coefficient (Wildman–Crippen LogP) is 4.57. The van der Waals surface area contributed by atoms with E-state index in [0.29, 0.717) is 24.0 Å². The average Bonchev–Trinajstić information content (AvgIpc) is 3.60. The van der Waals surface area contributed by atoms with Crippen LogP contribution in [-0.4, -0.2) is 62.1 Å². The number of amides is 2. The fourth-order valence-electron chi connectivity index (χ4n) is 10.6. The molecule has 6 aliphatic carbocycles. The number of carbonyl (C=O) groups excluding carboxylic acids is 4. The highest BCUT2D eigenvalue weighted by atomic mass is 16.7. The van der Waals surface area contributed by atoms with Gasteiger partial charge in [-0.2, -0.15) is 0 Å². The summed E-state index contributed by atoms with van der Waals surface area (Å²) >= 11 is 0. The summed E-state index contributed by atoms with van der Waals surface area (Å²) in [5.41, 5.74) is 1.37. The molecule has 1 spiro atoms. The second-order valence-electron chi connectivity index (χ2n) is 13.5. The number of Topliss-reactive ketones (excluding diaryl/α,β-unsaturated/α-hetero) is 1. The Morgan fingerprint density at radius 1 is 1.05 bits per heavy atom. The van der Waals surface area contributed by atoms with Crippen LogP contribution in [0.4, 0.5) is 0 Å². The predicted molar refractivity (Wildman–Crippen MR) is 148 cm³/mol. The molecule has 1 heterocycles. The van der Waals surface area contributed by atoms with Crippen LogP contribution < -0.4 is 0 Å². The van der Waals surface area contributed by atoms with Crippen molar-refractivity contribution < 1.29 is 33.4 Å². The van der Waals surface area contributed by atoms with Crippen LogP contribution in [0.3, 0.4) is 0 Å². The monoisotopic (exact) mass is 561 g/mol. The standard InChI is InChI=1S/C33H39NO7/c1-18(16-34-27(35)21-7-5-6-8-22(21)28(34)36)32-14-13-31(2)24(26(32)41-17-39-3)12-10-19-9-11-20-23(29(37)40-4)15-33(31,25(19)20)30(32)38/h5-8,18,20,23-24,26H,9-17H2,1-4H3/t18-,20-,23-,24-,26-,31+,32+,33+/m1/s1. The van der Waals surface area contributed by atoms with E-state index in [0.717, 1.165) is 32.1 Å². The average molecular weight is 562 g/mol. The quantitative estimate of drug-likeness (QED) is 0.208. The number of imide groups is 1. The van der Waals surface area contributed by atoms with Gasteiger partial charge in [-0.15, -0.1) is 0 Å². The zero-order valence-corrected chi connectivity index (χ0v) is 24.4. The lowest BCUT2D eigenvalue weighted by molar-refractivity contribution is -0.247. The van der Waals surface area contributed by atoms with Crippen LogP contribution in [0.5, 0.6) is 0 Å². The number of hydrogen-bond acceptors (Lipinski definition) is 7. The van der Waals surface area contributed by atoms with Crippen molar-refractivity contribution >= 4 is 23.6 Å². The first kappa shape index (κ1) is 27.0. The van der Waals surface area contributed by atoms with E-state index in [1.807, 2.05) is 6.92 Å². The zero-order chi connectivity index (χ0) is 28.9. The van der Waals surface area contributed by atoms with Gasteiger partial charge in [-0.25, -0.2) is 0 Å². The van der Waals surface area contributed by atoms with Gasteiger partial charge in [0.25, 0.3) is 11.8 Å². The molecule has 4 saturated carbocycles. The van der Waals surface area contributed by atoms with Gasteiger partial charge in [0, 0.05) is 13.7 Å². The molecule has 0 aromatic heterocycles. The molecule has 0 saturated heterocycles. The number of carbonyl (C=O) groups is 4. The van der Waals surface area contributed by atoms with E-state index in [1.54, 1.807) is 31.4 Å². The summed E-state index contributed by atoms with van der Waals surface area (Å²) in [7, 11) is 3.03. The number of rotatable bonds is 7. The third kappa shape index (κ3) is 3.13. The summed E-state index contributed by atoms with van der Waals surface area (Å²) in [6.07, 6.45) is 5.16. The lowest BCUT2D eigenvalue weighted by Crippen LogP contribution is -2.73. The normalized spacial score (nSPS) is 39.2. The van der Waals surface area contributed by atoms with E-state index in [2.05, 4.69) is 6.92 Å². The van der Waals surface area contributed by atoms with Gasteiger partial charge in [0.05, 0.1) is 41.1 Å². The highest BCUT2D eigenvalue weighted by molar-refractivity contribution is 6.21. The Kier molecular flexibility index (Phi) is 5.98. The second kappa shape index (κ2) is 9.08. The van der Waals surface area contributed by atoms with Crippen molar-refractivity contribution in [1.29, 1.82) is 0 Å². The summed E-state index contributed by atoms with van der Waals surface area (Å²) in [4.78, 5) is 56.8. The SMILES string of the molecule is COCO[C@@H]1[C@H]2CCC3=C4[C@H](CC3)[C@H](C(=O)OC)C[C@@]43C(=O)[C@]1([C@H](C)CN1C(=O)c4ccccc4C1=O)CC[C@@]23C. The Morgan fingerprint density at radius 3 is 2.39 bits per heavy atom. The summed E-state index contributed by atoms with van der Waals surface area (Å²) in [5, 5.41) is 0. The molecule has 1 aromatic carbocycles. The van der Waals surface area contributed by atoms with Crippen LogP contribution in [0.15, 0.2) is 35.4 Å². The number of esters is 1. The van der Waals surface area contributed by atoms with Gasteiger partial charge in [0.2, 0.25) is 0 Å². The number of ketones is 1. The van der Waals surface area contributed by atoms with Crippen molar-refractivity contribution in [2.75, 3.05) is 27.6 Å². The summed E-state index contributed by atoms with van der Waals surface area (Å²) in [6.45, 7) is 4.48. The largest absolute Gasteiger partial charge is 0.469 e. The number of benzene rings is 1. The molecule has 2 amide bonds. The molecule has 1 aliphatic heterocycles. The lowest BCUT2D eigenvalue weighted by Gasteiger charge is -2.68. The van der Waals surface area contributed by atoms with Crippen LogP contribution in [0, 0.1) is 39.9 Å². The molecule has 0 unspecified atom stereocenters. The number of nitrogens with zero attached hydrogens (tertiary/aromatic N) is 1. The molecular formula is C33H39NO7. The highest BCUT2D eigenvalue weighted by Crippen LogP contribution is 2.78. The number of hydrogen-bond donors (Lipinski definition) is 0. The summed E-state index contributed by atoms with van der Waals surface area (Å²) < 4.78 is 17.2. The molecule has 0 N–H and O–H groups in total. The number of fused-ring (bicyclic) bond motifs is 2. The van der Waals surface area contributed by atoms with Crippen molar-refractivity contribution in [3.05, 3.63) is 46.5 Å². The van der Waals surface area contributed by atoms with Crippen LogP contribution in [-0.2, 0) is 23.8 Å². The molecule has 4 bridgehead atoms. The van der Waals surface area contributed by atoms with Gasteiger partial charge in [-0.1, -0.05) is 37.1 Å². The maximum Gasteiger partial charge on any atom is 0.309 e. The number of methoxy groups -OCH3 is 2. The van der Waals surface area contributed by atoms with E-state index < -0.39 is 16.9 Å². The molecule has 0 radical (unpaired) electrons. The van der Waals surface area contributed by atoms with Crippen molar-refractivity contribution in [1.82, 2.24) is 4.90 Å². The fourth-order valence-corrected chi connectivity index (χ4v) is 10.6. The molecule has 8 nitrogen and oxygen atoms in total. The van der Waals surface area contributed by atoms with E-state index in [-0.39, 0.29) is 66.0 Å². The van der Waals surface area contributed by atoms with Gasteiger partial charge in [0.1, 0.15) is 6.79 Å². The van der Waals surface area contributed by atoms with E-state index in [4.69, 9.17) is 14.2 Å². The van der Waals surface area contributed by atoms with Gasteiger partial charge in [-0.05, 0) is 80.2 Å². The van der Waals surface area contributed by atoms with Gasteiger partial charge >= 0.3 is 5.97 Å². The van der Waals surface area contributed by atoms with E-state index >= 15 is 4.79 Å². The minimum Gasteiger partial charge on any atom is -0.469 e. The minimum absolute atomic E-state index is 0.0401. The molecule has 7 aliphatic rings. The summed E-state index contributed by atoms with van der Waals surface area (Å²) in [5.74, 6) is -1.25. The Hall–Kier alpha value is -2.84. The molecular weight excluding hydrogens is 522 g/mol. The van der Waals surface area contributed by atoms with E-state index in [1.165, 1.54) is 23.2 Å². The molecule has 8 atom stereocenters. The minimum atomic E-state index is -0.920. The second-order valence-corrected chi connectivity index (χ2v) is 13.5. The van der Waals surface area contributed by atoms with E-state index in [9.17, 15) is 14.4 Å². The maximum atomic E-state index is 15.5. The number of ether oxygens (including phenoxy) is 3. The molecule has 8 heteroatoms. The van der Waals surface area contributed by atoms with Gasteiger partial charge in [0.15, 0.2) is 5.78 Å². The molecule has 1 aromatic rings. The molecule has 4 fully saturated rings. The van der Waals surface area contributed by atoms with Crippen LogP contribution in [0.2, 0.25) is 0 Å². The molecule has 218 valence electrons. The molecule has 41 heavy (non-hydrogen) atoms. The Bertz CT molecular complexity index is 1360. The zero-order valence-electron chi connectivity index (χ0n) is 24.4. The topological polar surface area (TPSA) is 99.2 Å². The first-order valence-corrected chi connectivity index (χ1v) is 15.1. The first-order valence-electron chi connectivity index (χ1n) is 15.1. The number of allylic oxidation sites excluding steroid dienone is 2. The van der Waals surface area contributed by atoms with Crippen molar-refractivity contribution in [3.63, 3.8) is 0 Å². The van der Waals surface area contributed by atoms with Crippen LogP contribution >= 0.6 is 0 Å². The van der Waals surface area contributed by atoms with Crippen molar-refractivity contribution in [3.8, 4) is 0 Å². The van der Waals surface area contributed by atoms with Crippen molar-refractivity contribution in [2.45, 2.75) is 64.9 Å². The third-order valence-corrected chi connectivity index (χ3v) is 12.4. The maximum absolute atomic E-state index is 15.5. The van der Waals surface area contributed by atoms with Gasteiger partial charge < -0.3 is 14.2 Å². The smallest absolute Gasteiger partial charge is 0.309 e. The van der Waals surface area contributed by atoms with Gasteiger partial charge in [-0.3, -0.25) is 24.1 Å². The van der Waals surface area contributed by atoms with Crippen LogP contribution in [0.1, 0.15) is 79.5 Å².